The molecule has 1 atom stereocenters. The van der Waals surface area contributed by atoms with Crippen LogP contribution in [0.3, 0.4) is 0 Å². The Bertz CT molecular complexity index is 579. The van der Waals surface area contributed by atoms with Crippen molar-refractivity contribution in [3.63, 3.8) is 0 Å². The molecule has 0 aliphatic carbocycles. The number of benzene rings is 1. The number of rotatable bonds is 5. The third kappa shape index (κ3) is 3.66. The molecule has 1 aliphatic heterocycles. The number of hydrogen-bond donors (Lipinski definition) is 1. The lowest BCUT2D eigenvalue weighted by molar-refractivity contribution is 0.0742. The molecule has 1 aliphatic rings. The molecule has 1 aromatic heterocycles. The van der Waals surface area contributed by atoms with E-state index in [1.54, 1.807) is 13.4 Å². The van der Waals surface area contributed by atoms with Gasteiger partial charge in [0, 0.05) is 13.7 Å². The van der Waals surface area contributed by atoms with Gasteiger partial charge in [-0.05, 0) is 11.1 Å². The topological polar surface area (TPSA) is 61.2 Å². The van der Waals surface area contributed by atoms with Crippen LogP contribution in [-0.4, -0.2) is 41.6 Å². The van der Waals surface area contributed by atoms with E-state index in [-0.39, 0.29) is 6.04 Å². The van der Waals surface area contributed by atoms with Gasteiger partial charge in [-0.3, -0.25) is 0 Å². The van der Waals surface area contributed by atoms with Crippen molar-refractivity contribution in [2.75, 3.05) is 26.9 Å². The average Bonchev–Trinajstić information content (AvgIpc) is 2.97. The number of ether oxygens (including phenoxy) is 2. The molecular formula is C15H20N4O2. The number of morpholine rings is 1. The predicted octanol–water partition coefficient (Wildman–Crippen LogP) is 1.13. The van der Waals surface area contributed by atoms with Gasteiger partial charge in [-0.25, -0.2) is 9.67 Å². The second-order valence-corrected chi connectivity index (χ2v) is 5.13. The van der Waals surface area contributed by atoms with Gasteiger partial charge in [0.05, 0.1) is 32.4 Å². The first-order chi connectivity index (χ1) is 10.3. The summed E-state index contributed by atoms with van der Waals surface area (Å²) in [6.07, 6.45) is 1.77. The molecule has 0 bridgehead atoms. The molecule has 1 saturated heterocycles. The van der Waals surface area contributed by atoms with Gasteiger partial charge in [0.2, 0.25) is 0 Å². The summed E-state index contributed by atoms with van der Waals surface area (Å²) in [6, 6.07) is 8.41. The van der Waals surface area contributed by atoms with Crippen molar-refractivity contribution in [1.29, 1.82) is 0 Å². The first-order valence-electron chi connectivity index (χ1n) is 7.12. The molecule has 2 heterocycles. The zero-order valence-corrected chi connectivity index (χ0v) is 12.2. The summed E-state index contributed by atoms with van der Waals surface area (Å²) in [5.41, 5.74) is 2.35. The quantitative estimate of drug-likeness (QED) is 0.894. The maximum Gasteiger partial charge on any atom is 0.169 e. The minimum atomic E-state index is 0.0971. The van der Waals surface area contributed by atoms with Crippen LogP contribution in [0.15, 0.2) is 30.6 Å². The third-order valence-electron chi connectivity index (χ3n) is 3.43. The smallest absolute Gasteiger partial charge is 0.169 e. The van der Waals surface area contributed by atoms with E-state index in [2.05, 4.69) is 33.6 Å². The molecule has 21 heavy (non-hydrogen) atoms. The highest BCUT2D eigenvalue weighted by Gasteiger charge is 2.19. The maximum absolute atomic E-state index is 5.44. The molecule has 1 aromatic carbocycles. The fraction of sp³-hybridized carbons (Fsp3) is 0.467. The minimum absolute atomic E-state index is 0.0971. The largest absolute Gasteiger partial charge is 0.380 e. The monoisotopic (exact) mass is 288 g/mol. The first kappa shape index (κ1) is 14.2. The van der Waals surface area contributed by atoms with Crippen molar-refractivity contribution in [2.24, 2.45) is 0 Å². The number of methoxy groups -OCH3 is 1. The highest BCUT2D eigenvalue weighted by Crippen LogP contribution is 2.12. The Morgan fingerprint density at radius 3 is 3.14 bits per heavy atom. The van der Waals surface area contributed by atoms with Gasteiger partial charge < -0.3 is 14.8 Å². The zero-order valence-electron chi connectivity index (χ0n) is 12.2. The summed E-state index contributed by atoms with van der Waals surface area (Å²) in [4.78, 5) is 4.38. The van der Waals surface area contributed by atoms with Gasteiger partial charge in [0.25, 0.3) is 0 Å². The van der Waals surface area contributed by atoms with Crippen molar-refractivity contribution in [3.8, 4) is 0 Å². The van der Waals surface area contributed by atoms with E-state index in [0.29, 0.717) is 19.8 Å². The summed E-state index contributed by atoms with van der Waals surface area (Å²) in [5.74, 6) is 0.794. The maximum atomic E-state index is 5.44. The Balaban J connectivity index is 1.67. The van der Waals surface area contributed by atoms with Crippen molar-refractivity contribution in [2.45, 2.75) is 19.2 Å². The lowest BCUT2D eigenvalue weighted by atomic mass is 10.1. The van der Waals surface area contributed by atoms with Crippen LogP contribution in [-0.2, 0) is 22.6 Å². The van der Waals surface area contributed by atoms with Gasteiger partial charge in [-0.2, -0.15) is 5.10 Å². The van der Waals surface area contributed by atoms with Crippen LogP contribution in [0.1, 0.15) is 23.0 Å². The fourth-order valence-electron chi connectivity index (χ4n) is 2.45. The zero-order chi connectivity index (χ0) is 14.5. The molecule has 1 fully saturated rings. The number of nitrogens with zero attached hydrogens (tertiary/aromatic N) is 3. The van der Waals surface area contributed by atoms with Gasteiger partial charge in [0.15, 0.2) is 5.82 Å². The minimum Gasteiger partial charge on any atom is -0.380 e. The van der Waals surface area contributed by atoms with Crippen LogP contribution in [0.5, 0.6) is 0 Å². The Morgan fingerprint density at radius 1 is 1.43 bits per heavy atom. The van der Waals surface area contributed by atoms with Crippen LogP contribution in [0.25, 0.3) is 0 Å². The van der Waals surface area contributed by atoms with Crippen molar-refractivity contribution in [1.82, 2.24) is 20.1 Å². The van der Waals surface area contributed by atoms with Gasteiger partial charge in [-0.15, -0.1) is 0 Å². The molecule has 6 nitrogen and oxygen atoms in total. The molecule has 2 aromatic rings. The van der Waals surface area contributed by atoms with Crippen LogP contribution in [0, 0.1) is 0 Å². The second kappa shape index (κ2) is 6.80. The summed E-state index contributed by atoms with van der Waals surface area (Å²) < 4.78 is 12.5. The van der Waals surface area contributed by atoms with E-state index in [1.165, 1.54) is 5.56 Å². The van der Waals surface area contributed by atoms with Crippen LogP contribution in [0.2, 0.25) is 0 Å². The number of nitrogens with one attached hydrogen (secondary N) is 1. The lowest BCUT2D eigenvalue weighted by Crippen LogP contribution is -2.35. The fourth-order valence-corrected chi connectivity index (χ4v) is 2.45. The Morgan fingerprint density at radius 2 is 2.33 bits per heavy atom. The Labute approximate surface area is 124 Å². The molecule has 1 N–H and O–H groups in total. The number of aromatic nitrogens is 3. The molecule has 0 saturated carbocycles. The van der Waals surface area contributed by atoms with E-state index in [1.807, 2.05) is 10.7 Å². The van der Waals surface area contributed by atoms with Crippen molar-refractivity contribution in [3.05, 3.63) is 47.5 Å². The standard InChI is InChI=1S/C15H20N4O2/c1-20-9-13-4-2-3-12(7-13)8-19-11-17-15(18-19)14-10-21-6-5-16-14/h2-4,7,11,14,16H,5-6,8-10H2,1H3. The third-order valence-corrected chi connectivity index (χ3v) is 3.43. The Kier molecular flexibility index (Phi) is 4.59. The van der Waals surface area contributed by atoms with Gasteiger partial charge >= 0.3 is 0 Å². The molecule has 0 spiro atoms. The molecule has 1 unspecified atom stereocenters. The summed E-state index contributed by atoms with van der Waals surface area (Å²) >= 11 is 0. The van der Waals surface area contributed by atoms with E-state index < -0.39 is 0 Å². The highest BCUT2D eigenvalue weighted by atomic mass is 16.5. The van der Waals surface area contributed by atoms with Crippen molar-refractivity contribution < 1.29 is 9.47 Å². The first-order valence-corrected chi connectivity index (χ1v) is 7.12. The summed E-state index contributed by atoms with van der Waals surface area (Å²) in [6.45, 7) is 3.56. The molecule has 112 valence electrons. The number of hydrogen-bond acceptors (Lipinski definition) is 5. The summed E-state index contributed by atoms with van der Waals surface area (Å²) in [5, 5.41) is 7.90. The molecule has 0 amide bonds. The van der Waals surface area contributed by atoms with Gasteiger partial charge in [0.1, 0.15) is 6.33 Å². The van der Waals surface area contributed by atoms with E-state index in [9.17, 15) is 0 Å². The molecule has 6 heteroatoms. The van der Waals surface area contributed by atoms with Gasteiger partial charge in [-0.1, -0.05) is 24.3 Å². The average molecular weight is 288 g/mol. The highest BCUT2D eigenvalue weighted by molar-refractivity contribution is 5.23. The van der Waals surface area contributed by atoms with Crippen LogP contribution >= 0.6 is 0 Å². The van der Waals surface area contributed by atoms with Crippen LogP contribution < -0.4 is 5.32 Å². The molecular weight excluding hydrogens is 268 g/mol. The summed E-state index contributed by atoms with van der Waals surface area (Å²) in [7, 11) is 1.70. The SMILES string of the molecule is COCc1cccc(Cn2cnc(C3COCCN3)n2)c1. The predicted molar refractivity (Wildman–Crippen MR) is 77.8 cm³/mol. The van der Waals surface area contributed by atoms with Crippen LogP contribution in [0.4, 0.5) is 0 Å². The normalized spacial score (nSPS) is 18.8. The second-order valence-electron chi connectivity index (χ2n) is 5.13. The van der Waals surface area contributed by atoms with E-state index in [0.717, 1.165) is 24.5 Å². The van der Waals surface area contributed by atoms with Crippen molar-refractivity contribution >= 4 is 0 Å². The molecule has 3 rings (SSSR count). The van der Waals surface area contributed by atoms with E-state index in [4.69, 9.17) is 9.47 Å². The van der Waals surface area contributed by atoms with E-state index >= 15 is 0 Å². The lowest BCUT2D eigenvalue weighted by Gasteiger charge is -2.20. The molecule has 0 radical (unpaired) electrons. The Hall–Kier alpha value is -1.76.